The van der Waals surface area contributed by atoms with Crippen molar-refractivity contribution in [3.8, 4) is 0 Å². The monoisotopic (exact) mass is 194 g/mol. The Kier molecular flexibility index (Phi) is 2.86. The van der Waals surface area contributed by atoms with Gasteiger partial charge in [0, 0.05) is 44.1 Å². The topological polar surface area (TPSA) is 57.1 Å². The number of nitrogens with one attached hydrogen (secondary N) is 2. The van der Waals surface area contributed by atoms with Crippen molar-refractivity contribution < 1.29 is 0 Å². The van der Waals surface area contributed by atoms with Crippen LogP contribution in [-0.4, -0.2) is 42.6 Å². The standard InChI is InChI=1S/C10H18N4/c1-14-5-4-13-7-9(14)10(11)8-2-3-12-6-8/h2-3,6,9-10,12-13H,4-5,7,11H2,1H3. The van der Waals surface area contributed by atoms with Gasteiger partial charge in [-0.25, -0.2) is 0 Å². The molecule has 1 aromatic heterocycles. The zero-order valence-corrected chi connectivity index (χ0v) is 8.53. The summed E-state index contributed by atoms with van der Waals surface area (Å²) in [4.78, 5) is 5.37. The molecule has 4 heteroatoms. The third-order valence-corrected chi connectivity index (χ3v) is 2.98. The van der Waals surface area contributed by atoms with E-state index < -0.39 is 0 Å². The van der Waals surface area contributed by atoms with Crippen LogP contribution in [-0.2, 0) is 0 Å². The summed E-state index contributed by atoms with van der Waals surface area (Å²) in [5, 5.41) is 3.38. The van der Waals surface area contributed by atoms with Gasteiger partial charge in [0.1, 0.15) is 0 Å². The lowest BCUT2D eigenvalue weighted by Crippen LogP contribution is -2.53. The van der Waals surface area contributed by atoms with E-state index in [1.165, 1.54) is 5.56 Å². The van der Waals surface area contributed by atoms with Gasteiger partial charge in [0.25, 0.3) is 0 Å². The summed E-state index contributed by atoms with van der Waals surface area (Å²) in [7, 11) is 2.14. The molecule has 1 aliphatic heterocycles. The lowest BCUT2D eigenvalue weighted by atomic mass is 10.0. The molecule has 1 aliphatic rings. The SMILES string of the molecule is CN1CCNCC1C(N)c1cc[nH]c1. The number of hydrogen-bond donors (Lipinski definition) is 3. The van der Waals surface area contributed by atoms with Crippen LogP contribution in [0.3, 0.4) is 0 Å². The van der Waals surface area contributed by atoms with E-state index in [4.69, 9.17) is 5.73 Å². The molecule has 1 aromatic rings. The molecule has 2 heterocycles. The molecule has 0 amide bonds. The zero-order chi connectivity index (χ0) is 9.97. The largest absolute Gasteiger partial charge is 0.367 e. The summed E-state index contributed by atoms with van der Waals surface area (Å²) < 4.78 is 0. The Morgan fingerprint density at radius 2 is 2.50 bits per heavy atom. The maximum absolute atomic E-state index is 6.20. The minimum atomic E-state index is 0.0963. The van der Waals surface area contributed by atoms with Crippen LogP contribution in [0.5, 0.6) is 0 Å². The van der Waals surface area contributed by atoms with E-state index in [9.17, 15) is 0 Å². The van der Waals surface area contributed by atoms with Crippen molar-refractivity contribution in [2.24, 2.45) is 5.73 Å². The average molecular weight is 194 g/mol. The van der Waals surface area contributed by atoms with Crippen molar-refractivity contribution in [2.45, 2.75) is 12.1 Å². The van der Waals surface area contributed by atoms with Gasteiger partial charge in [-0.1, -0.05) is 0 Å². The summed E-state index contributed by atoms with van der Waals surface area (Å²) in [5.41, 5.74) is 7.39. The van der Waals surface area contributed by atoms with Crippen LogP contribution < -0.4 is 11.1 Å². The highest BCUT2D eigenvalue weighted by molar-refractivity contribution is 5.16. The number of aromatic nitrogens is 1. The molecule has 0 bridgehead atoms. The van der Waals surface area contributed by atoms with Crippen molar-refractivity contribution in [1.29, 1.82) is 0 Å². The Bertz CT molecular complexity index is 270. The molecule has 0 radical (unpaired) electrons. The second kappa shape index (κ2) is 4.13. The van der Waals surface area contributed by atoms with Gasteiger partial charge in [-0.2, -0.15) is 0 Å². The van der Waals surface area contributed by atoms with Crippen LogP contribution in [0.4, 0.5) is 0 Å². The Morgan fingerprint density at radius 3 is 3.14 bits per heavy atom. The van der Waals surface area contributed by atoms with Crippen molar-refractivity contribution in [2.75, 3.05) is 26.7 Å². The molecule has 14 heavy (non-hydrogen) atoms. The summed E-state index contributed by atoms with van der Waals surface area (Å²) in [6, 6.07) is 2.55. The normalized spacial score (nSPS) is 26.3. The molecule has 0 aliphatic carbocycles. The van der Waals surface area contributed by atoms with Gasteiger partial charge in [-0.15, -0.1) is 0 Å². The molecule has 1 fully saturated rings. The maximum atomic E-state index is 6.20. The van der Waals surface area contributed by atoms with Crippen LogP contribution in [0.2, 0.25) is 0 Å². The molecule has 2 unspecified atom stereocenters. The minimum Gasteiger partial charge on any atom is -0.367 e. The van der Waals surface area contributed by atoms with Crippen molar-refractivity contribution >= 4 is 0 Å². The molecule has 0 spiro atoms. The van der Waals surface area contributed by atoms with E-state index in [0.717, 1.165) is 19.6 Å². The van der Waals surface area contributed by atoms with Crippen LogP contribution in [0, 0.1) is 0 Å². The van der Waals surface area contributed by atoms with E-state index >= 15 is 0 Å². The number of aromatic amines is 1. The fraction of sp³-hybridized carbons (Fsp3) is 0.600. The van der Waals surface area contributed by atoms with Crippen molar-refractivity contribution in [3.63, 3.8) is 0 Å². The molecule has 4 nitrogen and oxygen atoms in total. The van der Waals surface area contributed by atoms with Gasteiger partial charge < -0.3 is 16.0 Å². The van der Waals surface area contributed by atoms with E-state index in [2.05, 4.69) is 22.2 Å². The van der Waals surface area contributed by atoms with Crippen LogP contribution in [0.1, 0.15) is 11.6 Å². The Labute approximate surface area is 84.5 Å². The summed E-state index contributed by atoms with van der Waals surface area (Å²) in [6.07, 6.45) is 3.90. The van der Waals surface area contributed by atoms with E-state index in [-0.39, 0.29) is 6.04 Å². The number of nitrogens with two attached hydrogens (primary N) is 1. The predicted molar refractivity (Wildman–Crippen MR) is 57.0 cm³/mol. The Morgan fingerprint density at radius 1 is 1.64 bits per heavy atom. The molecular weight excluding hydrogens is 176 g/mol. The van der Waals surface area contributed by atoms with Gasteiger partial charge in [0.05, 0.1) is 0 Å². The molecule has 2 atom stereocenters. The molecular formula is C10H18N4. The minimum absolute atomic E-state index is 0.0963. The highest BCUT2D eigenvalue weighted by atomic mass is 15.2. The summed E-state index contributed by atoms with van der Waals surface area (Å²) >= 11 is 0. The number of rotatable bonds is 2. The predicted octanol–water partition coefficient (Wildman–Crippen LogP) is -0.0819. The number of likely N-dealkylation sites (N-methyl/N-ethyl adjacent to an activating group) is 1. The van der Waals surface area contributed by atoms with Crippen LogP contribution in [0.15, 0.2) is 18.5 Å². The van der Waals surface area contributed by atoms with Crippen LogP contribution in [0.25, 0.3) is 0 Å². The molecule has 0 aromatic carbocycles. The van der Waals surface area contributed by atoms with E-state index in [1.807, 2.05) is 18.5 Å². The second-order valence-corrected chi connectivity index (χ2v) is 3.92. The third-order valence-electron chi connectivity index (χ3n) is 2.98. The van der Waals surface area contributed by atoms with Gasteiger partial charge in [0.15, 0.2) is 0 Å². The van der Waals surface area contributed by atoms with Crippen LogP contribution >= 0.6 is 0 Å². The molecule has 0 saturated carbocycles. The Hall–Kier alpha value is -0.840. The first-order chi connectivity index (χ1) is 6.79. The highest BCUT2D eigenvalue weighted by Crippen LogP contribution is 2.18. The maximum Gasteiger partial charge on any atom is 0.0480 e. The molecule has 2 rings (SSSR count). The molecule has 78 valence electrons. The van der Waals surface area contributed by atoms with Gasteiger partial charge in [-0.3, -0.25) is 4.90 Å². The molecule has 1 saturated heterocycles. The summed E-state index contributed by atoms with van der Waals surface area (Å²) in [6.45, 7) is 3.11. The fourth-order valence-corrected chi connectivity index (χ4v) is 1.99. The molecule has 4 N–H and O–H groups in total. The first kappa shape index (κ1) is 9.71. The lowest BCUT2D eigenvalue weighted by Gasteiger charge is -2.36. The lowest BCUT2D eigenvalue weighted by molar-refractivity contribution is 0.174. The van der Waals surface area contributed by atoms with E-state index in [1.54, 1.807) is 0 Å². The smallest absolute Gasteiger partial charge is 0.0480 e. The third kappa shape index (κ3) is 1.82. The first-order valence-corrected chi connectivity index (χ1v) is 5.08. The highest BCUT2D eigenvalue weighted by Gasteiger charge is 2.25. The van der Waals surface area contributed by atoms with Gasteiger partial charge in [-0.05, 0) is 18.7 Å². The van der Waals surface area contributed by atoms with Gasteiger partial charge in [0.2, 0.25) is 0 Å². The fourth-order valence-electron chi connectivity index (χ4n) is 1.99. The zero-order valence-electron chi connectivity index (χ0n) is 8.53. The van der Waals surface area contributed by atoms with Crippen molar-refractivity contribution in [1.82, 2.24) is 15.2 Å². The number of nitrogens with zero attached hydrogens (tertiary/aromatic N) is 1. The van der Waals surface area contributed by atoms with Crippen molar-refractivity contribution in [3.05, 3.63) is 24.0 Å². The second-order valence-electron chi connectivity index (χ2n) is 3.92. The Balaban J connectivity index is 2.06. The summed E-state index contributed by atoms with van der Waals surface area (Å²) in [5.74, 6) is 0. The quantitative estimate of drug-likeness (QED) is 0.617. The number of piperazine rings is 1. The average Bonchev–Trinajstić information content (AvgIpc) is 2.70. The number of H-pyrrole nitrogens is 1. The van der Waals surface area contributed by atoms with Gasteiger partial charge >= 0.3 is 0 Å². The number of hydrogen-bond acceptors (Lipinski definition) is 3. The van der Waals surface area contributed by atoms with E-state index in [0.29, 0.717) is 6.04 Å². The first-order valence-electron chi connectivity index (χ1n) is 5.08.